The van der Waals surface area contributed by atoms with E-state index in [-0.39, 0.29) is 18.3 Å². The summed E-state index contributed by atoms with van der Waals surface area (Å²) in [6.45, 7) is -1.26. The molecule has 1 aliphatic heterocycles. The normalized spacial score (nSPS) is 14.7. The average Bonchev–Trinajstić information content (AvgIpc) is 2.97. The monoisotopic (exact) mass is 522 g/mol. The number of hydrogen-bond acceptors (Lipinski definition) is 5. The van der Waals surface area contributed by atoms with Crippen LogP contribution in [0, 0.1) is 0 Å². The fraction of sp³-hybridized carbons (Fsp3) is 0.125. The van der Waals surface area contributed by atoms with Crippen molar-refractivity contribution in [2.24, 2.45) is 0 Å². The maximum absolute atomic E-state index is 14.5. The van der Waals surface area contributed by atoms with Crippen molar-refractivity contribution in [1.29, 1.82) is 0 Å². The first kappa shape index (κ1) is 25.4. The topological polar surface area (TPSA) is 69.7 Å². The number of fused-ring (bicyclic) bond motifs is 1. The van der Waals surface area contributed by atoms with Gasteiger partial charge < -0.3 is 9.47 Å². The lowest BCUT2D eigenvalue weighted by Crippen LogP contribution is -2.45. The minimum atomic E-state index is -3.07. The lowest BCUT2D eigenvalue weighted by molar-refractivity contribution is -0.136. The van der Waals surface area contributed by atoms with Gasteiger partial charge in [-0.05, 0) is 41.4 Å². The van der Waals surface area contributed by atoms with Crippen molar-refractivity contribution in [3.05, 3.63) is 126 Å². The minimum absolute atomic E-state index is 0.0140. The molecular formula is C32H27O5P. The summed E-state index contributed by atoms with van der Waals surface area (Å²) >= 11 is 0. The van der Waals surface area contributed by atoms with Crippen LogP contribution in [0.2, 0.25) is 0 Å². The molecule has 1 heterocycles. The number of ketones is 1. The SMILES string of the molecule is CCOC(=O)C(C(=O)[C@H]1Cc2ccccc2C(=O)O1)=P(c1ccccc1)(c1ccccc1)c1ccccc1. The van der Waals surface area contributed by atoms with Gasteiger partial charge in [-0.1, -0.05) is 109 Å². The molecule has 0 fully saturated rings. The predicted octanol–water partition coefficient (Wildman–Crippen LogP) is 4.07. The van der Waals surface area contributed by atoms with Crippen LogP contribution in [0.1, 0.15) is 22.8 Å². The average molecular weight is 523 g/mol. The van der Waals surface area contributed by atoms with E-state index in [9.17, 15) is 14.4 Å². The number of carbonyl (C=O) groups is 3. The Labute approximate surface area is 222 Å². The van der Waals surface area contributed by atoms with Gasteiger partial charge in [0.05, 0.1) is 12.2 Å². The zero-order valence-corrected chi connectivity index (χ0v) is 21.8. The Morgan fingerprint density at radius 2 is 1.24 bits per heavy atom. The molecule has 4 aromatic rings. The van der Waals surface area contributed by atoms with Crippen LogP contribution in [0.15, 0.2) is 115 Å². The molecule has 0 spiro atoms. The third-order valence-corrected chi connectivity index (χ3v) is 10.9. The van der Waals surface area contributed by atoms with Crippen LogP contribution in [0.25, 0.3) is 0 Å². The Kier molecular flexibility index (Phi) is 7.39. The number of esters is 2. The van der Waals surface area contributed by atoms with E-state index in [1.54, 1.807) is 19.1 Å². The van der Waals surface area contributed by atoms with Gasteiger partial charge in [-0.3, -0.25) is 4.79 Å². The van der Waals surface area contributed by atoms with Gasteiger partial charge in [0.15, 0.2) is 6.10 Å². The van der Waals surface area contributed by atoms with E-state index < -0.39 is 30.7 Å². The first-order valence-corrected chi connectivity index (χ1v) is 14.3. The summed E-state index contributed by atoms with van der Waals surface area (Å²) in [4.78, 5) is 41.4. The van der Waals surface area contributed by atoms with Crippen molar-refractivity contribution in [1.82, 2.24) is 0 Å². The number of hydrogen-bond donors (Lipinski definition) is 0. The second-order valence-corrected chi connectivity index (χ2v) is 12.2. The number of rotatable bonds is 7. The summed E-state index contributed by atoms with van der Waals surface area (Å²) in [6.07, 6.45) is -0.963. The first-order valence-electron chi connectivity index (χ1n) is 12.5. The summed E-state index contributed by atoms with van der Waals surface area (Å²) < 4.78 is 11.3. The fourth-order valence-corrected chi connectivity index (χ4v) is 9.36. The van der Waals surface area contributed by atoms with Gasteiger partial charge in [-0.15, -0.1) is 0 Å². The second-order valence-electron chi connectivity index (χ2n) is 8.87. The molecule has 0 unspecified atom stereocenters. The molecule has 4 aromatic carbocycles. The first-order chi connectivity index (χ1) is 18.6. The maximum Gasteiger partial charge on any atom is 0.342 e. The molecular weight excluding hydrogens is 495 g/mol. The molecule has 0 saturated heterocycles. The van der Waals surface area contributed by atoms with Gasteiger partial charge in [0.1, 0.15) is 5.29 Å². The molecule has 0 saturated carbocycles. The second kappa shape index (κ2) is 11.0. The zero-order valence-electron chi connectivity index (χ0n) is 20.9. The minimum Gasteiger partial charge on any atom is -0.462 e. The molecule has 38 heavy (non-hydrogen) atoms. The highest BCUT2D eigenvalue weighted by Gasteiger charge is 2.42. The van der Waals surface area contributed by atoms with Crippen LogP contribution in [0.3, 0.4) is 0 Å². The van der Waals surface area contributed by atoms with Gasteiger partial charge in [0.25, 0.3) is 0 Å². The number of Topliss-reactive ketones (excluding diaryl/α,β-unsaturated/α-hetero) is 1. The van der Waals surface area contributed by atoms with E-state index in [1.807, 2.05) is 103 Å². The molecule has 0 N–H and O–H groups in total. The van der Waals surface area contributed by atoms with Gasteiger partial charge in [0.2, 0.25) is 5.78 Å². The highest BCUT2D eigenvalue weighted by molar-refractivity contribution is 7.97. The lowest BCUT2D eigenvalue weighted by atomic mass is 9.96. The third kappa shape index (κ3) is 4.51. The Morgan fingerprint density at radius 1 is 0.763 bits per heavy atom. The Morgan fingerprint density at radius 3 is 1.74 bits per heavy atom. The zero-order chi connectivity index (χ0) is 26.5. The third-order valence-electron chi connectivity index (χ3n) is 6.65. The molecule has 1 atom stereocenters. The predicted molar refractivity (Wildman–Crippen MR) is 151 cm³/mol. The van der Waals surface area contributed by atoms with Crippen LogP contribution < -0.4 is 15.9 Å². The van der Waals surface area contributed by atoms with Crippen LogP contribution in [0.4, 0.5) is 0 Å². The molecule has 190 valence electrons. The molecule has 0 aliphatic carbocycles. The highest BCUT2D eigenvalue weighted by Crippen LogP contribution is 2.47. The summed E-state index contributed by atoms with van der Waals surface area (Å²) in [6, 6.07) is 35.9. The fourth-order valence-electron chi connectivity index (χ4n) is 5.02. The molecule has 0 radical (unpaired) electrons. The Hall–Kier alpha value is -4.21. The number of ether oxygens (including phenoxy) is 2. The summed E-state index contributed by atoms with van der Waals surface area (Å²) in [5.74, 6) is -1.80. The Bertz CT molecular complexity index is 1420. The van der Waals surface area contributed by atoms with E-state index in [1.165, 1.54) is 0 Å². The van der Waals surface area contributed by atoms with Crippen LogP contribution >= 0.6 is 6.89 Å². The Balaban J connectivity index is 1.88. The molecule has 5 rings (SSSR count). The highest BCUT2D eigenvalue weighted by atomic mass is 31.2. The van der Waals surface area contributed by atoms with Crippen LogP contribution in [-0.2, 0) is 25.5 Å². The quantitative estimate of drug-likeness (QED) is 0.208. The maximum atomic E-state index is 14.5. The van der Waals surface area contributed by atoms with Crippen molar-refractivity contribution >= 4 is 45.8 Å². The van der Waals surface area contributed by atoms with Gasteiger partial charge in [0, 0.05) is 6.42 Å². The van der Waals surface area contributed by atoms with E-state index in [0.29, 0.717) is 11.1 Å². The van der Waals surface area contributed by atoms with E-state index in [2.05, 4.69) is 0 Å². The largest absolute Gasteiger partial charge is 0.462 e. The van der Waals surface area contributed by atoms with Crippen LogP contribution in [0.5, 0.6) is 0 Å². The molecule has 5 nitrogen and oxygen atoms in total. The van der Waals surface area contributed by atoms with Crippen molar-refractivity contribution in [3.8, 4) is 0 Å². The lowest BCUT2D eigenvalue weighted by Gasteiger charge is -2.33. The number of benzene rings is 4. The van der Waals surface area contributed by atoms with E-state index in [0.717, 1.165) is 15.9 Å². The van der Waals surface area contributed by atoms with Crippen molar-refractivity contribution in [3.63, 3.8) is 0 Å². The molecule has 0 amide bonds. The standard InChI is InChI=1S/C32H27O5P/c1-2-36-32(35)30(29(33)28-22-23-14-12-13-21-27(23)31(34)37-28)38(24-15-6-3-7-16-24,25-17-8-4-9-18-25)26-19-10-5-11-20-26/h3-21,28H,2,22H2,1H3/t28-/m1/s1. The van der Waals surface area contributed by atoms with Crippen LogP contribution in [-0.4, -0.2) is 35.7 Å². The molecule has 6 heteroatoms. The number of carbonyl (C=O) groups excluding carboxylic acids is 3. The molecule has 0 aromatic heterocycles. The van der Waals surface area contributed by atoms with Gasteiger partial charge in [-0.2, -0.15) is 0 Å². The van der Waals surface area contributed by atoms with Crippen molar-refractivity contribution in [2.45, 2.75) is 19.4 Å². The van der Waals surface area contributed by atoms with Gasteiger partial charge in [-0.25, -0.2) is 9.59 Å². The summed E-state index contributed by atoms with van der Waals surface area (Å²) in [5, 5.41) is 2.50. The van der Waals surface area contributed by atoms with E-state index >= 15 is 0 Å². The smallest absolute Gasteiger partial charge is 0.342 e. The van der Waals surface area contributed by atoms with Crippen molar-refractivity contribution in [2.75, 3.05) is 6.61 Å². The molecule has 0 bridgehead atoms. The molecule has 1 aliphatic rings. The van der Waals surface area contributed by atoms with Crippen molar-refractivity contribution < 1.29 is 23.9 Å². The summed E-state index contributed by atoms with van der Waals surface area (Å²) in [5.41, 5.74) is 1.15. The van der Waals surface area contributed by atoms with Gasteiger partial charge >= 0.3 is 11.9 Å². The summed E-state index contributed by atoms with van der Waals surface area (Å²) in [7, 11) is 0. The number of cyclic esters (lactones) is 1. The van der Waals surface area contributed by atoms with E-state index in [4.69, 9.17) is 9.47 Å².